The van der Waals surface area contributed by atoms with Gasteiger partial charge in [0.15, 0.2) is 5.76 Å². The average Bonchev–Trinajstić information content (AvgIpc) is 3.36. The van der Waals surface area contributed by atoms with Crippen LogP contribution in [-0.4, -0.2) is 28.3 Å². The molecule has 3 rings (SSSR count). The number of halogens is 3. The molecule has 1 N–H and O–H groups in total. The van der Waals surface area contributed by atoms with Gasteiger partial charge >= 0.3 is 12.1 Å². The molecule has 0 bridgehead atoms. The molecule has 0 saturated carbocycles. The number of amides is 1. The second kappa shape index (κ2) is 8.85. The molecule has 1 amide bonds. The summed E-state index contributed by atoms with van der Waals surface area (Å²) in [6.07, 6.45) is -3.23. The summed E-state index contributed by atoms with van der Waals surface area (Å²) >= 11 is 0. The Balaban J connectivity index is 1.86. The van der Waals surface area contributed by atoms with Crippen LogP contribution >= 0.6 is 0 Å². The highest BCUT2D eigenvalue weighted by Crippen LogP contribution is 2.31. The molecule has 1 aromatic carbocycles. The first-order valence-electron chi connectivity index (χ1n) is 9.05. The number of ether oxygens (including phenoxy) is 1. The third-order valence-corrected chi connectivity index (χ3v) is 4.05. The van der Waals surface area contributed by atoms with Crippen molar-refractivity contribution in [1.29, 1.82) is 0 Å². The van der Waals surface area contributed by atoms with E-state index in [0.29, 0.717) is 17.1 Å². The lowest BCUT2D eigenvalue weighted by molar-refractivity contribution is -0.144. The fourth-order valence-corrected chi connectivity index (χ4v) is 2.66. The summed E-state index contributed by atoms with van der Waals surface area (Å²) in [5.74, 6) is -0.333. The number of rotatable bonds is 7. The van der Waals surface area contributed by atoms with Crippen LogP contribution in [0.1, 0.15) is 25.3 Å². The Morgan fingerprint density at radius 2 is 1.90 bits per heavy atom. The topological polar surface area (TPSA) is 86.4 Å². The maximum atomic E-state index is 12.8. The number of nitrogens with zero attached hydrogens (tertiary/aromatic N) is 2. The molecule has 0 saturated heterocycles. The molecule has 10 heteroatoms. The first-order valence-corrected chi connectivity index (χ1v) is 9.05. The van der Waals surface area contributed by atoms with Gasteiger partial charge in [-0.25, -0.2) is 4.68 Å². The van der Waals surface area contributed by atoms with Crippen molar-refractivity contribution in [1.82, 2.24) is 9.78 Å². The van der Waals surface area contributed by atoms with Gasteiger partial charge in [-0.3, -0.25) is 9.59 Å². The van der Waals surface area contributed by atoms with Gasteiger partial charge in [0.25, 0.3) is 0 Å². The highest BCUT2D eigenvalue weighted by atomic mass is 19.4. The zero-order chi connectivity index (χ0) is 21.7. The average molecular weight is 421 g/mol. The maximum absolute atomic E-state index is 12.8. The van der Waals surface area contributed by atoms with Crippen molar-refractivity contribution < 1.29 is 31.9 Å². The Morgan fingerprint density at radius 3 is 2.50 bits per heavy atom. The monoisotopic (exact) mass is 421 g/mol. The summed E-state index contributed by atoms with van der Waals surface area (Å²) in [5.41, 5.74) is -0.119. The molecule has 0 radical (unpaired) electrons. The minimum Gasteiger partial charge on any atom is -0.466 e. The molecule has 0 spiro atoms. The first-order chi connectivity index (χ1) is 14.3. The van der Waals surface area contributed by atoms with Crippen LogP contribution < -0.4 is 5.32 Å². The number of nitrogens with one attached hydrogen (secondary N) is 1. The van der Waals surface area contributed by atoms with Crippen molar-refractivity contribution in [3.05, 3.63) is 54.3 Å². The van der Waals surface area contributed by atoms with E-state index in [1.807, 2.05) is 0 Å². The third kappa shape index (κ3) is 5.07. The highest BCUT2D eigenvalue weighted by Gasteiger charge is 2.30. The molecule has 30 heavy (non-hydrogen) atoms. The van der Waals surface area contributed by atoms with Crippen molar-refractivity contribution in [3.63, 3.8) is 0 Å². The molecule has 2 heterocycles. The van der Waals surface area contributed by atoms with Gasteiger partial charge in [-0.2, -0.15) is 18.3 Å². The Labute approximate surface area is 169 Å². The van der Waals surface area contributed by atoms with Crippen molar-refractivity contribution in [2.45, 2.75) is 25.9 Å². The zero-order valence-electron chi connectivity index (χ0n) is 15.9. The Morgan fingerprint density at radius 1 is 1.17 bits per heavy atom. The molecule has 0 aliphatic carbocycles. The molecule has 2 aromatic heterocycles. The number of hydrogen-bond acceptors (Lipinski definition) is 5. The van der Waals surface area contributed by atoms with Crippen molar-refractivity contribution in [2.75, 3.05) is 11.9 Å². The molecule has 3 aromatic rings. The van der Waals surface area contributed by atoms with Crippen LogP contribution in [0.3, 0.4) is 0 Å². The lowest BCUT2D eigenvalue weighted by Gasteiger charge is -2.11. The van der Waals surface area contributed by atoms with Crippen LogP contribution in [0.5, 0.6) is 0 Å². The molecule has 0 aliphatic heterocycles. The van der Waals surface area contributed by atoms with E-state index >= 15 is 0 Å². The molecule has 158 valence electrons. The van der Waals surface area contributed by atoms with Crippen molar-refractivity contribution >= 4 is 17.7 Å². The third-order valence-electron chi connectivity index (χ3n) is 4.05. The van der Waals surface area contributed by atoms with Gasteiger partial charge < -0.3 is 14.5 Å². The highest BCUT2D eigenvalue weighted by molar-refractivity contribution is 5.92. The number of aromatic nitrogens is 2. The Bertz CT molecular complexity index is 1010. The van der Waals surface area contributed by atoms with Gasteiger partial charge in [0.2, 0.25) is 5.91 Å². The molecule has 0 aliphatic rings. The number of hydrogen-bond donors (Lipinski definition) is 1. The maximum Gasteiger partial charge on any atom is 0.416 e. The number of benzene rings is 1. The Hall–Kier alpha value is -3.56. The van der Waals surface area contributed by atoms with Crippen molar-refractivity contribution in [3.8, 4) is 17.1 Å². The number of carbonyl (C=O) groups is 2. The standard InChI is InChI=1S/C20H18F3N3O4/c1-2-29-19(28)10-9-18(27)24-17-12-15(16-4-3-11-30-16)25-26(17)14-7-5-13(6-8-14)20(21,22)23/h3-8,11-12H,2,9-10H2,1H3,(H,24,27). The second-order valence-corrected chi connectivity index (χ2v) is 6.20. The van der Waals surface area contributed by atoms with Gasteiger partial charge in [-0.15, -0.1) is 0 Å². The fraction of sp³-hybridized carbons (Fsp3) is 0.250. The molecule has 0 fully saturated rings. The van der Waals surface area contributed by atoms with E-state index in [1.165, 1.54) is 29.1 Å². The number of anilines is 1. The van der Waals surface area contributed by atoms with Gasteiger partial charge in [-0.1, -0.05) is 0 Å². The van der Waals surface area contributed by atoms with Gasteiger partial charge in [0.1, 0.15) is 11.5 Å². The summed E-state index contributed by atoms with van der Waals surface area (Å²) < 4.78 is 49.9. The predicted molar refractivity (Wildman–Crippen MR) is 101 cm³/mol. The summed E-state index contributed by atoms with van der Waals surface area (Å²) in [7, 11) is 0. The fourth-order valence-electron chi connectivity index (χ4n) is 2.66. The minimum absolute atomic E-state index is 0.0981. The molecular weight excluding hydrogens is 403 g/mol. The van der Waals surface area contributed by atoms with E-state index in [-0.39, 0.29) is 25.3 Å². The summed E-state index contributed by atoms with van der Waals surface area (Å²) in [6, 6.07) is 9.19. The van der Waals surface area contributed by atoms with Gasteiger partial charge in [0.05, 0.1) is 30.5 Å². The molecule has 0 atom stereocenters. The van der Waals surface area contributed by atoms with Crippen LogP contribution in [0, 0.1) is 0 Å². The number of alkyl halides is 3. The number of esters is 1. The quantitative estimate of drug-likeness (QED) is 0.571. The van der Waals surface area contributed by atoms with E-state index in [4.69, 9.17) is 9.15 Å². The summed E-state index contributed by atoms with van der Waals surface area (Å²) in [4.78, 5) is 23.7. The van der Waals surface area contributed by atoms with Gasteiger partial charge in [-0.05, 0) is 43.3 Å². The van der Waals surface area contributed by atoms with Crippen LogP contribution in [-0.2, 0) is 20.5 Å². The van der Waals surface area contributed by atoms with E-state index in [2.05, 4.69) is 10.4 Å². The van der Waals surface area contributed by atoms with Gasteiger partial charge in [0, 0.05) is 12.5 Å². The SMILES string of the molecule is CCOC(=O)CCC(=O)Nc1cc(-c2ccco2)nn1-c1ccc(C(F)(F)F)cc1. The molecular formula is C20H18F3N3O4. The smallest absolute Gasteiger partial charge is 0.416 e. The van der Waals surface area contributed by atoms with E-state index in [0.717, 1.165) is 12.1 Å². The minimum atomic E-state index is -4.47. The summed E-state index contributed by atoms with van der Waals surface area (Å²) in [5, 5.41) is 6.95. The van der Waals surface area contributed by atoms with Crippen LogP contribution in [0.25, 0.3) is 17.1 Å². The van der Waals surface area contributed by atoms with Crippen LogP contribution in [0.4, 0.5) is 19.0 Å². The number of furan rings is 1. The molecule has 7 nitrogen and oxygen atoms in total. The second-order valence-electron chi connectivity index (χ2n) is 6.20. The van der Waals surface area contributed by atoms with E-state index < -0.39 is 23.6 Å². The first kappa shape index (κ1) is 21.2. The Kier molecular flexibility index (Phi) is 6.24. The molecule has 0 unspecified atom stereocenters. The van der Waals surface area contributed by atoms with Crippen LogP contribution in [0.2, 0.25) is 0 Å². The van der Waals surface area contributed by atoms with E-state index in [1.54, 1.807) is 19.1 Å². The normalized spacial score (nSPS) is 11.3. The number of carbonyl (C=O) groups excluding carboxylic acids is 2. The predicted octanol–water partition coefficient (Wildman–Crippen LogP) is 4.43. The lowest BCUT2D eigenvalue weighted by atomic mass is 10.2. The van der Waals surface area contributed by atoms with Crippen LogP contribution in [0.15, 0.2) is 53.1 Å². The lowest BCUT2D eigenvalue weighted by Crippen LogP contribution is -2.17. The van der Waals surface area contributed by atoms with E-state index in [9.17, 15) is 22.8 Å². The largest absolute Gasteiger partial charge is 0.466 e. The van der Waals surface area contributed by atoms with Crippen molar-refractivity contribution in [2.24, 2.45) is 0 Å². The zero-order valence-corrected chi connectivity index (χ0v) is 15.9. The summed E-state index contributed by atoms with van der Waals surface area (Å²) in [6.45, 7) is 1.88.